The minimum atomic E-state index is 0.643. The second-order valence-electron chi connectivity index (χ2n) is 12.5. The molecule has 0 radical (unpaired) electrons. The summed E-state index contributed by atoms with van der Waals surface area (Å²) in [6, 6.07) is 52.5. The molecule has 11 rings (SSSR count). The van der Waals surface area contributed by atoms with E-state index in [-0.39, 0.29) is 0 Å². The van der Waals surface area contributed by atoms with Crippen molar-refractivity contribution >= 4 is 76.6 Å². The minimum absolute atomic E-state index is 0.643. The first kappa shape index (κ1) is 26.4. The molecule has 0 spiro atoms. The summed E-state index contributed by atoms with van der Waals surface area (Å²) in [7, 11) is 0. The number of hydrogen-bond acceptors (Lipinski definition) is 4. The van der Waals surface area contributed by atoms with Gasteiger partial charge in [0.1, 0.15) is 28.0 Å². The molecule has 0 saturated carbocycles. The summed E-state index contributed by atoms with van der Waals surface area (Å²) in [6.45, 7) is 0. The van der Waals surface area contributed by atoms with Gasteiger partial charge < -0.3 is 13.4 Å². The predicted octanol–water partition coefficient (Wildman–Crippen LogP) is 11.9. The Balaban J connectivity index is 1.31. The summed E-state index contributed by atoms with van der Waals surface area (Å²) in [5, 5.41) is 7.85. The van der Waals surface area contributed by atoms with Crippen LogP contribution >= 0.6 is 0 Å². The Morgan fingerprint density at radius 1 is 0.469 bits per heavy atom. The first-order valence-electron chi connectivity index (χ1n) is 16.4. The van der Waals surface area contributed by atoms with Gasteiger partial charge in [0, 0.05) is 44.1 Å². The molecule has 0 aliphatic carbocycles. The van der Waals surface area contributed by atoms with Gasteiger partial charge in [-0.25, -0.2) is 9.97 Å². The van der Waals surface area contributed by atoms with Crippen LogP contribution in [0, 0.1) is 0 Å². The van der Waals surface area contributed by atoms with E-state index in [1.165, 1.54) is 21.5 Å². The quantitative estimate of drug-likeness (QED) is 0.196. The van der Waals surface area contributed by atoms with Crippen LogP contribution in [0.4, 0.5) is 0 Å². The monoisotopic (exact) mass is 627 g/mol. The molecule has 0 atom stereocenters. The molecule has 5 heteroatoms. The van der Waals surface area contributed by atoms with Crippen LogP contribution < -0.4 is 0 Å². The van der Waals surface area contributed by atoms with Gasteiger partial charge in [-0.1, -0.05) is 109 Å². The lowest BCUT2D eigenvalue weighted by molar-refractivity contribution is 0.667. The molecule has 228 valence electrons. The van der Waals surface area contributed by atoms with Crippen LogP contribution in [-0.4, -0.2) is 14.5 Å². The van der Waals surface area contributed by atoms with E-state index in [4.69, 9.17) is 18.8 Å². The fourth-order valence-electron chi connectivity index (χ4n) is 7.66. The Labute approximate surface area is 279 Å². The highest BCUT2D eigenvalue weighted by molar-refractivity contribution is 6.22. The highest BCUT2D eigenvalue weighted by Crippen LogP contribution is 2.44. The van der Waals surface area contributed by atoms with Crippen LogP contribution in [0.2, 0.25) is 0 Å². The number of benzene rings is 7. The molecule has 4 aromatic heterocycles. The Morgan fingerprint density at radius 2 is 1.16 bits per heavy atom. The summed E-state index contributed by atoms with van der Waals surface area (Å²) in [6.07, 6.45) is 0. The number of furan rings is 2. The Hall–Kier alpha value is -6.72. The number of hydrogen-bond donors (Lipinski definition) is 0. The molecule has 7 aromatic carbocycles. The second-order valence-corrected chi connectivity index (χ2v) is 12.5. The van der Waals surface area contributed by atoms with Gasteiger partial charge in [0.25, 0.3) is 0 Å². The molecule has 0 aliphatic rings. The lowest BCUT2D eigenvalue weighted by Gasteiger charge is -2.13. The van der Waals surface area contributed by atoms with Crippen molar-refractivity contribution in [2.45, 2.75) is 0 Å². The molecule has 4 heterocycles. The molecular formula is C44H25N3O2. The van der Waals surface area contributed by atoms with E-state index in [9.17, 15) is 0 Å². The van der Waals surface area contributed by atoms with Gasteiger partial charge in [0.05, 0.1) is 16.7 Å². The number of para-hydroxylation sites is 3. The summed E-state index contributed by atoms with van der Waals surface area (Å²) < 4.78 is 15.6. The minimum Gasteiger partial charge on any atom is -0.456 e. The summed E-state index contributed by atoms with van der Waals surface area (Å²) in [5.41, 5.74) is 9.63. The fourth-order valence-corrected chi connectivity index (χ4v) is 7.66. The third-order valence-corrected chi connectivity index (χ3v) is 9.79. The topological polar surface area (TPSA) is 57.0 Å². The van der Waals surface area contributed by atoms with Crippen LogP contribution in [0.25, 0.3) is 105 Å². The molecule has 0 aliphatic heterocycles. The molecule has 0 unspecified atom stereocenters. The molecular weight excluding hydrogens is 603 g/mol. The van der Waals surface area contributed by atoms with E-state index in [1.807, 2.05) is 48.5 Å². The molecule has 49 heavy (non-hydrogen) atoms. The molecule has 0 fully saturated rings. The lowest BCUT2D eigenvalue weighted by atomic mass is 10.0. The van der Waals surface area contributed by atoms with Crippen molar-refractivity contribution in [1.29, 1.82) is 0 Å². The zero-order chi connectivity index (χ0) is 32.1. The standard InChI is InChI=1S/C44H25N3O2/c1-2-13-27(14-3-1)44-45-41-32-18-8-11-21-37(32)49-43(41)42(46-44)33-24-28(25-38-40(33)31-17-7-10-20-36(31)48-38)47-34-19-9-6-16-30(34)39-29-15-5-4-12-26(29)22-23-35(39)47/h1-25H. The van der Waals surface area contributed by atoms with Crippen molar-refractivity contribution in [3.63, 3.8) is 0 Å². The third-order valence-electron chi connectivity index (χ3n) is 9.79. The third kappa shape index (κ3) is 3.75. The van der Waals surface area contributed by atoms with E-state index in [0.717, 1.165) is 72.0 Å². The van der Waals surface area contributed by atoms with E-state index >= 15 is 0 Å². The zero-order valence-electron chi connectivity index (χ0n) is 26.1. The summed E-state index contributed by atoms with van der Waals surface area (Å²) >= 11 is 0. The number of fused-ring (bicyclic) bond motifs is 11. The van der Waals surface area contributed by atoms with Gasteiger partial charge in [0.15, 0.2) is 11.4 Å². The van der Waals surface area contributed by atoms with Crippen molar-refractivity contribution in [1.82, 2.24) is 14.5 Å². The van der Waals surface area contributed by atoms with Crippen LogP contribution in [0.5, 0.6) is 0 Å². The van der Waals surface area contributed by atoms with Gasteiger partial charge in [-0.05, 0) is 47.2 Å². The lowest BCUT2D eigenvalue weighted by Crippen LogP contribution is -1.98. The Morgan fingerprint density at radius 3 is 2.02 bits per heavy atom. The molecule has 11 aromatic rings. The number of aromatic nitrogens is 3. The van der Waals surface area contributed by atoms with Crippen LogP contribution in [0.1, 0.15) is 0 Å². The average molecular weight is 628 g/mol. The highest BCUT2D eigenvalue weighted by Gasteiger charge is 2.24. The fraction of sp³-hybridized carbons (Fsp3) is 0. The molecule has 0 bridgehead atoms. The smallest absolute Gasteiger partial charge is 0.180 e. The van der Waals surface area contributed by atoms with E-state index in [0.29, 0.717) is 11.4 Å². The maximum atomic E-state index is 6.65. The van der Waals surface area contributed by atoms with Crippen LogP contribution in [-0.2, 0) is 0 Å². The normalized spacial score (nSPS) is 12.1. The maximum Gasteiger partial charge on any atom is 0.180 e. The van der Waals surface area contributed by atoms with Gasteiger partial charge in [0.2, 0.25) is 0 Å². The van der Waals surface area contributed by atoms with Crippen molar-refractivity contribution < 1.29 is 8.83 Å². The SMILES string of the molecule is c1ccc(-c2nc(-c3cc(-n4c5ccccc5c5c6ccccc6ccc54)cc4oc5ccccc5c34)c3oc4ccccc4c3n2)cc1. The number of nitrogens with zero attached hydrogens (tertiary/aromatic N) is 3. The molecule has 0 amide bonds. The Bertz CT molecular complexity index is 3110. The van der Waals surface area contributed by atoms with Gasteiger partial charge in [-0.3, -0.25) is 0 Å². The Kier molecular flexibility index (Phi) is 5.32. The summed E-state index contributed by atoms with van der Waals surface area (Å²) in [4.78, 5) is 10.4. The zero-order valence-corrected chi connectivity index (χ0v) is 26.1. The van der Waals surface area contributed by atoms with E-state index in [1.54, 1.807) is 0 Å². The summed E-state index contributed by atoms with van der Waals surface area (Å²) in [5.74, 6) is 0.643. The van der Waals surface area contributed by atoms with Crippen LogP contribution in [0.15, 0.2) is 160 Å². The van der Waals surface area contributed by atoms with E-state index in [2.05, 4.69) is 108 Å². The van der Waals surface area contributed by atoms with Crippen molar-refractivity contribution in [2.24, 2.45) is 0 Å². The first-order chi connectivity index (χ1) is 24.3. The average Bonchev–Trinajstić information content (AvgIpc) is 3.84. The second kappa shape index (κ2) is 9.89. The van der Waals surface area contributed by atoms with Crippen LogP contribution in [0.3, 0.4) is 0 Å². The van der Waals surface area contributed by atoms with Gasteiger partial charge in [-0.15, -0.1) is 0 Å². The molecule has 0 saturated heterocycles. The van der Waals surface area contributed by atoms with E-state index < -0.39 is 0 Å². The highest BCUT2D eigenvalue weighted by atomic mass is 16.3. The maximum absolute atomic E-state index is 6.65. The number of rotatable bonds is 3. The van der Waals surface area contributed by atoms with Crippen molar-refractivity contribution in [2.75, 3.05) is 0 Å². The molecule has 0 N–H and O–H groups in total. The largest absolute Gasteiger partial charge is 0.456 e. The van der Waals surface area contributed by atoms with Gasteiger partial charge in [-0.2, -0.15) is 0 Å². The molecule has 5 nitrogen and oxygen atoms in total. The van der Waals surface area contributed by atoms with Gasteiger partial charge >= 0.3 is 0 Å². The first-order valence-corrected chi connectivity index (χ1v) is 16.4. The van der Waals surface area contributed by atoms with Crippen molar-refractivity contribution in [3.8, 4) is 28.3 Å². The predicted molar refractivity (Wildman–Crippen MR) is 199 cm³/mol. The van der Waals surface area contributed by atoms with Crippen molar-refractivity contribution in [3.05, 3.63) is 152 Å².